The fourth-order valence-corrected chi connectivity index (χ4v) is 2.01. The Bertz CT molecular complexity index is 515. The Balaban J connectivity index is 2.07. The first-order chi connectivity index (χ1) is 8.16. The van der Waals surface area contributed by atoms with Crippen LogP contribution in [0.3, 0.4) is 0 Å². The van der Waals surface area contributed by atoms with Crippen molar-refractivity contribution in [3.05, 3.63) is 45.9 Å². The average Bonchev–Trinajstić information content (AvgIpc) is 2.82. The van der Waals surface area contributed by atoms with Gasteiger partial charge >= 0.3 is 0 Å². The molecule has 0 spiro atoms. The number of carbonyl (C=O) groups excluding carboxylic acids is 1. The SMILES string of the molecule is C[C@@H](NC(=O)c1cnns1)c1cccc(Cl)c1. The average molecular weight is 268 g/mol. The number of nitrogens with one attached hydrogen (secondary N) is 1. The zero-order chi connectivity index (χ0) is 12.3. The quantitative estimate of drug-likeness (QED) is 0.930. The van der Waals surface area contributed by atoms with Crippen LogP contribution in [-0.4, -0.2) is 15.5 Å². The Labute approximate surface area is 108 Å². The van der Waals surface area contributed by atoms with E-state index in [1.807, 2.05) is 25.1 Å². The predicted octanol–water partition coefficient (Wildman–Crippen LogP) is 2.68. The monoisotopic (exact) mass is 267 g/mol. The van der Waals surface area contributed by atoms with Crippen molar-refractivity contribution in [2.45, 2.75) is 13.0 Å². The highest BCUT2D eigenvalue weighted by Gasteiger charge is 2.13. The minimum atomic E-state index is -0.174. The van der Waals surface area contributed by atoms with Crippen LogP contribution < -0.4 is 5.32 Å². The third-order valence-electron chi connectivity index (χ3n) is 2.28. The molecule has 1 amide bonds. The van der Waals surface area contributed by atoms with Crippen LogP contribution in [0.4, 0.5) is 0 Å². The zero-order valence-corrected chi connectivity index (χ0v) is 10.6. The molecule has 1 aromatic heterocycles. The largest absolute Gasteiger partial charge is 0.345 e. The lowest BCUT2D eigenvalue weighted by Gasteiger charge is -2.13. The van der Waals surface area contributed by atoms with Crippen molar-refractivity contribution < 1.29 is 4.79 Å². The summed E-state index contributed by atoms with van der Waals surface area (Å²) in [5.41, 5.74) is 0.961. The van der Waals surface area contributed by atoms with Crippen LogP contribution in [0.2, 0.25) is 5.02 Å². The van der Waals surface area contributed by atoms with Crippen LogP contribution in [-0.2, 0) is 0 Å². The second kappa shape index (κ2) is 5.25. The van der Waals surface area contributed by atoms with Crippen molar-refractivity contribution in [2.75, 3.05) is 0 Å². The number of halogens is 1. The van der Waals surface area contributed by atoms with Gasteiger partial charge in [-0.1, -0.05) is 28.2 Å². The molecular formula is C11H10ClN3OS. The van der Waals surface area contributed by atoms with E-state index in [1.54, 1.807) is 6.07 Å². The number of nitrogens with zero attached hydrogens (tertiary/aromatic N) is 2. The standard InChI is InChI=1S/C11H10ClN3OS/c1-7(8-3-2-4-9(12)5-8)14-11(16)10-6-13-15-17-10/h2-7H,1H3,(H,14,16)/t7-/m1/s1. The molecule has 0 radical (unpaired) electrons. The van der Waals surface area contributed by atoms with Crippen LogP contribution >= 0.6 is 23.1 Å². The Morgan fingerprint density at radius 3 is 3.00 bits per heavy atom. The second-order valence-corrected chi connectivity index (χ2v) is 4.75. The molecule has 4 nitrogen and oxygen atoms in total. The molecular weight excluding hydrogens is 258 g/mol. The van der Waals surface area contributed by atoms with E-state index in [4.69, 9.17) is 11.6 Å². The minimum Gasteiger partial charge on any atom is -0.345 e. The molecule has 17 heavy (non-hydrogen) atoms. The van der Waals surface area contributed by atoms with Gasteiger partial charge in [-0.25, -0.2) is 0 Å². The number of aromatic nitrogens is 2. The first-order valence-corrected chi connectivity index (χ1v) is 6.15. The fraction of sp³-hybridized carbons (Fsp3) is 0.182. The maximum atomic E-state index is 11.8. The summed E-state index contributed by atoms with van der Waals surface area (Å²) in [6.07, 6.45) is 1.45. The van der Waals surface area contributed by atoms with Crippen molar-refractivity contribution in [1.29, 1.82) is 0 Å². The number of hydrogen-bond donors (Lipinski definition) is 1. The minimum absolute atomic E-state index is 0.108. The van der Waals surface area contributed by atoms with Gasteiger partial charge in [-0.3, -0.25) is 4.79 Å². The molecule has 0 aliphatic rings. The molecule has 0 aliphatic carbocycles. The van der Waals surface area contributed by atoms with Crippen molar-refractivity contribution in [2.24, 2.45) is 0 Å². The second-order valence-electron chi connectivity index (χ2n) is 3.53. The van der Waals surface area contributed by atoms with Crippen molar-refractivity contribution >= 4 is 29.0 Å². The van der Waals surface area contributed by atoms with E-state index in [0.717, 1.165) is 17.1 Å². The summed E-state index contributed by atoms with van der Waals surface area (Å²) in [5.74, 6) is -0.174. The van der Waals surface area contributed by atoms with E-state index in [0.29, 0.717) is 9.90 Å². The molecule has 2 aromatic rings. The molecule has 1 N–H and O–H groups in total. The lowest BCUT2D eigenvalue weighted by molar-refractivity contribution is 0.0944. The topological polar surface area (TPSA) is 54.9 Å². The van der Waals surface area contributed by atoms with Crippen LogP contribution in [0.25, 0.3) is 0 Å². The van der Waals surface area contributed by atoms with Crippen LogP contribution in [0.15, 0.2) is 30.5 Å². The lowest BCUT2D eigenvalue weighted by Crippen LogP contribution is -2.25. The highest BCUT2D eigenvalue weighted by molar-refractivity contribution is 7.07. The van der Waals surface area contributed by atoms with Gasteiger partial charge in [0.2, 0.25) is 0 Å². The molecule has 1 aromatic carbocycles. The van der Waals surface area contributed by atoms with Crippen LogP contribution in [0.1, 0.15) is 28.2 Å². The molecule has 0 bridgehead atoms. The van der Waals surface area contributed by atoms with E-state index < -0.39 is 0 Å². The van der Waals surface area contributed by atoms with E-state index >= 15 is 0 Å². The van der Waals surface area contributed by atoms with Crippen LogP contribution in [0.5, 0.6) is 0 Å². The van der Waals surface area contributed by atoms with Crippen LogP contribution in [0, 0.1) is 0 Å². The summed E-state index contributed by atoms with van der Waals surface area (Å²) < 4.78 is 3.65. The third-order valence-corrected chi connectivity index (χ3v) is 3.18. The maximum Gasteiger partial charge on any atom is 0.265 e. The molecule has 6 heteroatoms. The molecule has 0 fully saturated rings. The summed E-state index contributed by atoms with van der Waals surface area (Å²) in [7, 11) is 0. The summed E-state index contributed by atoms with van der Waals surface area (Å²) in [5, 5.41) is 7.14. The van der Waals surface area contributed by atoms with Gasteiger partial charge in [0.1, 0.15) is 4.88 Å². The van der Waals surface area contributed by atoms with Gasteiger partial charge in [0.15, 0.2) is 0 Å². The van der Waals surface area contributed by atoms with Gasteiger partial charge in [-0.2, -0.15) is 0 Å². The molecule has 0 aliphatic heterocycles. The molecule has 2 rings (SSSR count). The molecule has 0 saturated carbocycles. The van der Waals surface area contributed by atoms with E-state index in [9.17, 15) is 4.79 Å². The summed E-state index contributed by atoms with van der Waals surface area (Å²) >= 11 is 6.97. The molecule has 88 valence electrons. The maximum absolute atomic E-state index is 11.8. The first-order valence-electron chi connectivity index (χ1n) is 5.00. The lowest BCUT2D eigenvalue weighted by atomic mass is 10.1. The number of amides is 1. The summed E-state index contributed by atoms with van der Waals surface area (Å²) in [6.45, 7) is 1.90. The third kappa shape index (κ3) is 3.01. The first kappa shape index (κ1) is 12.0. The van der Waals surface area contributed by atoms with Gasteiger partial charge in [0, 0.05) is 5.02 Å². The molecule has 0 saturated heterocycles. The zero-order valence-electron chi connectivity index (χ0n) is 9.05. The number of hydrogen-bond acceptors (Lipinski definition) is 4. The van der Waals surface area contributed by atoms with Gasteiger partial charge in [0.05, 0.1) is 12.2 Å². The number of rotatable bonds is 3. The highest BCUT2D eigenvalue weighted by atomic mass is 35.5. The highest BCUT2D eigenvalue weighted by Crippen LogP contribution is 2.18. The molecule has 0 unspecified atom stereocenters. The fourth-order valence-electron chi connectivity index (χ4n) is 1.39. The normalized spacial score (nSPS) is 12.1. The Morgan fingerprint density at radius 2 is 2.35 bits per heavy atom. The Morgan fingerprint density at radius 1 is 1.53 bits per heavy atom. The number of benzene rings is 1. The van der Waals surface area contributed by atoms with Crippen molar-refractivity contribution in [1.82, 2.24) is 14.9 Å². The summed E-state index contributed by atoms with van der Waals surface area (Å²) in [6, 6.07) is 7.30. The molecule has 1 atom stereocenters. The van der Waals surface area contributed by atoms with Gasteiger partial charge in [-0.15, -0.1) is 5.10 Å². The van der Waals surface area contributed by atoms with E-state index in [1.165, 1.54) is 6.20 Å². The van der Waals surface area contributed by atoms with Gasteiger partial charge < -0.3 is 5.32 Å². The number of carbonyl (C=O) groups is 1. The van der Waals surface area contributed by atoms with Crippen molar-refractivity contribution in [3.63, 3.8) is 0 Å². The Kier molecular flexibility index (Phi) is 3.71. The smallest absolute Gasteiger partial charge is 0.265 e. The van der Waals surface area contributed by atoms with Gasteiger partial charge in [-0.05, 0) is 36.2 Å². The molecule has 1 heterocycles. The summed E-state index contributed by atoms with van der Waals surface area (Å²) in [4.78, 5) is 12.3. The Hall–Kier alpha value is -1.46. The predicted molar refractivity (Wildman–Crippen MR) is 67.2 cm³/mol. The van der Waals surface area contributed by atoms with Gasteiger partial charge in [0.25, 0.3) is 5.91 Å². The van der Waals surface area contributed by atoms with E-state index in [2.05, 4.69) is 14.9 Å². The van der Waals surface area contributed by atoms with E-state index in [-0.39, 0.29) is 11.9 Å². The van der Waals surface area contributed by atoms with Crippen molar-refractivity contribution in [3.8, 4) is 0 Å².